The lowest BCUT2D eigenvalue weighted by molar-refractivity contribution is -0.154. The number of carbonyl (C=O) groups is 1. The maximum Gasteiger partial charge on any atom is 0.255 e. The van der Waals surface area contributed by atoms with Gasteiger partial charge in [-0.15, -0.1) is 0 Å². The highest BCUT2D eigenvalue weighted by molar-refractivity contribution is 7.16. The Morgan fingerprint density at radius 2 is 2.38 bits per heavy atom. The largest absolute Gasteiger partial charge is 0.379 e. The van der Waals surface area contributed by atoms with Gasteiger partial charge in [0.25, 0.3) is 5.91 Å². The molecule has 2 N–H and O–H groups in total. The number of nitrogens with zero attached hydrogens (tertiary/aromatic N) is 4. The van der Waals surface area contributed by atoms with Gasteiger partial charge in [0.2, 0.25) is 4.96 Å². The molecule has 8 heteroatoms. The van der Waals surface area contributed by atoms with Crippen LogP contribution in [0.1, 0.15) is 23.5 Å². The minimum atomic E-state index is -1.29. The van der Waals surface area contributed by atoms with Crippen molar-refractivity contribution in [3.05, 3.63) is 16.9 Å². The van der Waals surface area contributed by atoms with Gasteiger partial charge in [0.05, 0.1) is 11.9 Å². The first-order valence-electron chi connectivity index (χ1n) is 6.98. The van der Waals surface area contributed by atoms with E-state index in [-0.39, 0.29) is 12.5 Å². The van der Waals surface area contributed by atoms with Crippen molar-refractivity contribution >= 4 is 22.2 Å². The van der Waals surface area contributed by atoms with Gasteiger partial charge in [-0.2, -0.15) is 5.10 Å². The maximum atomic E-state index is 12.0. The summed E-state index contributed by atoms with van der Waals surface area (Å²) in [6.07, 6.45) is 3.19. The first kappa shape index (κ1) is 14.4. The monoisotopic (exact) mass is 309 g/mol. The topological polar surface area (TPSA) is 82.8 Å². The molecule has 1 atom stereocenters. The number of piperidine rings is 1. The van der Waals surface area contributed by atoms with E-state index in [4.69, 9.17) is 0 Å². The van der Waals surface area contributed by atoms with Crippen LogP contribution in [0.3, 0.4) is 0 Å². The van der Waals surface area contributed by atoms with Crippen LogP contribution in [0.2, 0.25) is 0 Å². The van der Waals surface area contributed by atoms with Gasteiger partial charge in [-0.1, -0.05) is 11.3 Å². The van der Waals surface area contributed by atoms with E-state index < -0.39 is 5.60 Å². The quantitative estimate of drug-likeness (QED) is 0.841. The Morgan fingerprint density at radius 3 is 3.14 bits per heavy atom. The minimum absolute atomic E-state index is 0.204. The molecule has 1 saturated heterocycles. The van der Waals surface area contributed by atoms with Crippen LogP contribution in [-0.4, -0.2) is 56.2 Å². The summed E-state index contributed by atoms with van der Waals surface area (Å²) in [5, 5.41) is 18.8. The number of carbonyl (C=O) groups excluding carboxylic acids is 1. The predicted octanol–water partition coefficient (Wildman–Crippen LogP) is 0.172. The molecule has 0 spiro atoms. The Bertz CT molecular complexity index is 635. The van der Waals surface area contributed by atoms with Gasteiger partial charge in [-0.3, -0.25) is 4.79 Å². The number of likely N-dealkylation sites (tertiary alicyclic amines) is 1. The Hall–Kier alpha value is -1.51. The number of aryl methyl sites for hydroxylation is 1. The van der Waals surface area contributed by atoms with Crippen LogP contribution in [0.15, 0.2) is 6.20 Å². The van der Waals surface area contributed by atoms with E-state index in [2.05, 4.69) is 15.4 Å². The van der Waals surface area contributed by atoms with Crippen LogP contribution in [0.5, 0.6) is 0 Å². The van der Waals surface area contributed by atoms with Crippen LogP contribution in [0, 0.1) is 6.92 Å². The molecule has 1 aliphatic rings. The molecular weight excluding hydrogens is 290 g/mol. The third-order valence-corrected chi connectivity index (χ3v) is 4.58. The van der Waals surface area contributed by atoms with Gasteiger partial charge in [-0.05, 0) is 19.8 Å². The molecule has 1 fully saturated rings. The molecule has 0 radical (unpaired) electrons. The van der Waals surface area contributed by atoms with Gasteiger partial charge < -0.3 is 15.3 Å². The fourth-order valence-corrected chi connectivity index (χ4v) is 3.41. The highest BCUT2D eigenvalue weighted by Crippen LogP contribution is 2.21. The summed E-state index contributed by atoms with van der Waals surface area (Å²) in [6, 6.07) is 0. The average Bonchev–Trinajstić information content (AvgIpc) is 2.93. The summed E-state index contributed by atoms with van der Waals surface area (Å²) in [7, 11) is 1.73. The number of hydrogen-bond donors (Lipinski definition) is 2. The van der Waals surface area contributed by atoms with Crippen LogP contribution in [0.25, 0.3) is 4.96 Å². The lowest BCUT2D eigenvalue weighted by Crippen LogP contribution is -2.56. The fourth-order valence-electron chi connectivity index (χ4n) is 2.66. The summed E-state index contributed by atoms with van der Waals surface area (Å²) >= 11 is 1.54. The van der Waals surface area contributed by atoms with E-state index in [0.29, 0.717) is 19.5 Å². The lowest BCUT2D eigenvalue weighted by atomic mass is 9.92. The highest BCUT2D eigenvalue weighted by atomic mass is 32.1. The summed E-state index contributed by atoms with van der Waals surface area (Å²) < 4.78 is 1.76. The van der Waals surface area contributed by atoms with Crippen LogP contribution in [-0.2, 0) is 11.3 Å². The zero-order valence-electron chi connectivity index (χ0n) is 12.2. The van der Waals surface area contributed by atoms with Gasteiger partial charge in [0.15, 0.2) is 5.60 Å². The third kappa shape index (κ3) is 2.78. The lowest BCUT2D eigenvalue weighted by Gasteiger charge is -2.36. The second kappa shape index (κ2) is 5.36. The summed E-state index contributed by atoms with van der Waals surface area (Å²) in [5.74, 6) is -0.204. The molecule has 0 saturated carbocycles. The number of aromatic nitrogens is 3. The highest BCUT2D eigenvalue weighted by Gasteiger charge is 2.40. The third-order valence-electron chi connectivity index (χ3n) is 3.75. The maximum absolute atomic E-state index is 12.0. The molecule has 1 aliphatic heterocycles. The van der Waals surface area contributed by atoms with Crippen molar-refractivity contribution in [3.63, 3.8) is 0 Å². The van der Waals surface area contributed by atoms with Crippen LogP contribution in [0.4, 0.5) is 0 Å². The first-order chi connectivity index (χ1) is 9.98. The number of amides is 1. The van der Waals surface area contributed by atoms with Crippen molar-refractivity contribution in [1.82, 2.24) is 24.8 Å². The molecule has 0 aromatic carbocycles. The van der Waals surface area contributed by atoms with Crippen molar-refractivity contribution < 1.29 is 9.90 Å². The minimum Gasteiger partial charge on any atom is -0.379 e. The molecule has 7 nitrogen and oxygen atoms in total. The average molecular weight is 309 g/mol. The van der Waals surface area contributed by atoms with Gasteiger partial charge in [0, 0.05) is 26.7 Å². The first-order valence-corrected chi connectivity index (χ1v) is 7.80. The molecular formula is C13H19N5O2S. The van der Waals surface area contributed by atoms with E-state index in [1.54, 1.807) is 16.5 Å². The molecule has 3 heterocycles. The fraction of sp³-hybridized carbons (Fsp3) is 0.615. The van der Waals surface area contributed by atoms with Crippen LogP contribution < -0.4 is 5.32 Å². The molecule has 3 rings (SSSR count). The van der Waals surface area contributed by atoms with Gasteiger partial charge in [-0.25, -0.2) is 9.50 Å². The summed E-state index contributed by atoms with van der Waals surface area (Å²) in [5.41, 5.74) is -0.437. The Kier molecular flexibility index (Phi) is 3.68. The number of imidazole rings is 1. The van der Waals surface area contributed by atoms with Crippen molar-refractivity contribution in [2.75, 3.05) is 20.1 Å². The van der Waals surface area contributed by atoms with E-state index >= 15 is 0 Å². The number of hydrogen-bond acceptors (Lipinski definition) is 6. The second-order valence-electron chi connectivity index (χ2n) is 5.55. The van der Waals surface area contributed by atoms with Crippen molar-refractivity contribution in [2.24, 2.45) is 0 Å². The molecule has 0 aliphatic carbocycles. The van der Waals surface area contributed by atoms with Crippen molar-refractivity contribution in [3.8, 4) is 0 Å². The second-order valence-corrected chi connectivity index (χ2v) is 6.71. The Balaban J connectivity index is 1.60. The molecule has 0 bridgehead atoms. The standard InChI is InChI=1S/C13H19N5O2S/c1-9-16-18-7-10(15-12(18)21-9)6-14-8-13(20)4-3-5-17(2)11(13)19/h7,14,20H,3-6,8H2,1-2H3. The molecule has 21 heavy (non-hydrogen) atoms. The SMILES string of the molecule is Cc1nn2cc(CNCC3(O)CCCN(C)C3=O)nc2s1. The van der Waals surface area contributed by atoms with E-state index in [1.807, 2.05) is 13.1 Å². The van der Waals surface area contributed by atoms with Gasteiger partial charge >= 0.3 is 0 Å². The zero-order chi connectivity index (χ0) is 15.0. The number of likely N-dealkylation sites (N-methyl/N-ethyl adjacent to an activating group) is 1. The van der Waals surface area contributed by atoms with E-state index in [1.165, 1.54) is 11.3 Å². The summed E-state index contributed by atoms with van der Waals surface area (Å²) in [4.78, 5) is 18.9. The van der Waals surface area contributed by atoms with E-state index in [9.17, 15) is 9.90 Å². The zero-order valence-corrected chi connectivity index (χ0v) is 13.0. The molecule has 1 unspecified atom stereocenters. The molecule has 2 aromatic heterocycles. The van der Waals surface area contributed by atoms with Crippen molar-refractivity contribution in [2.45, 2.75) is 31.9 Å². The Labute approximate surface area is 126 Å². The number of fused-ring (bicyclic) bond motifs is 1. The predicted molar refractivity (Wildman–Crippen MR) is 79.1 cm³/mol. The van der Waals surface area contributed by atoms with Crippen molar-refractivity contribution in [1.29, 1.82) is 0 Å². The van der Waals surface area contributed by atoms with Gasteiger partial charge in [0.1, 0.15) is 5.01 Å². The molecule has 1 amide bonds. The molecule has 114 valence electrons. The Morgan fingerprint density at radius 1 is 1.57 bits per heavy atom. The molecule has 2 aromatic rings. The number of rotatable bonds is 4. The normalized spacial score (nSPS) is 23.2. The summed E-state index contributed by atoms with van der Waals surface area (Å²) in [6.45, 7) is 3.41. The van der Waals surface area contributed by atoms with E-state index in [0.717, 1.165) is 22.1 Å². The number of aliphatic hydroxyl groups is 1. The smallest absolute Gasteiger partial charge is 0.255 e. The number of nitrogens with one attached hydrogen (secondary N) is 1. The van der Waals surface area contributed by atoms with Crippen LogP contribution >= 0.6 is 11.3 Å².